The Morgan fingerprint density at radius 3 is 2.42 bits per heavy atom. The molecule has 5 nitrogen and oxygen atoms in total. The van der Waals surface area contributed by atoms with E-state index in [1.807, 2.05) is 0 Å². The number of hydrogen-bond donors (Lipinski definition) is 2. The fraction of sp³-hybridized carbons (Fsp3) is 0.0588. The number of likely N-dealkylation sites (N-methyl/N-ethyl adjacent to an activating group) is 1. The van der Waals surface area contributed by atoms with Gasteiger partial charge in [-0.15, -0.1) is 0 Å². The van der Waals surface area contributed by atoms with Gasteiger partial charge in [-0.05, 0) is 0 Å². The van der Waals surface area contributed by atoms with Gasteiger partial charge in [0.05, 0.1) is 0 Å². The number of rotatable bonds is 2. The molecular weight excluding hydrogens is 378 g/mol. The molecule has 3 rings (SSSR count). The van der Waals surface area contributed by atoms with Gasteiger partial charge in [-0.3, -0.25) is 0 Å². The second-order valence-corrected chi connectivity index (χ2v) is 6.00. The first-order valence-electron chi connectivity index (χ1n) is 7.00. The molecule has 0 bridgehead atoms. The minimum atomic E-state index is -0.384. The molecule has 2 aromatic carbocycles. The van der Waals surface area contributed by atoms with Gasteiger partial charge < -0.3 is 0 Å². The number of halogens is 1. The van der Waals surface area contributed by atoms with Crippen molar-refractivity contribution < 1.29 is 19.4 Å². The first-order valence-corrected chi connectivity index (χ1v) is 7.85. The number of phenols is 2. The molecular formula is C17H13FN2O3Se. The topological polar surface area (TPSA) is 64.0 Å². The van der Waals surface area contributed by atoms with E-state index in [-0.39, 0.29) is 23.2 Å². The molecule has 2 aromatic rings. The van der Waals surface area contributed by atoms with Crippen molar-refractivity contribution in [3.05, 3.63) is 59.5 Å². The summed E-state index contributed by atoms with van der Waals surface area (Å²) in [5, 5.41) is 19.3. The van der Waals surface area contributed by atoms with Gasteiger partial charge in [0.25, 0.3) is 0 Å². The van der Waals surface area contributed by atoms with E-state index in [9.17, 15) is 19.4 Å². The van der Waals surface area contributed by atoms with Crippen molar-refractivity contribution in [2.24, 2.45) is 0 Å². The Bertz CT molecular complexity index is 865. The number of hydrogen-bond acceptors (Lipinski definition) is 4. The maximum atomic E-state index is 13.1. The zero-order valence-corrected chi connectivity index (χ0v) is 14.3. The predicted molar refractivity (Wildman–Crippen MR) is 90.2 cm³/mol. The van der Waals surface area contributed by atoms with Crippen molar-refractivity contribution in [1.82, 2.24) is 4.90 Å². The first kappa shape index (κ1) is 16.2. The molecule has 7 heteroatoms. The van der Waals surface area contributed by atoms with Crippen LogP contribution in [0.1, 0.15) is 5.56 Å². The molecule has 24 heavy (non-hydrogen) atoms. The molecule has 0 saturated carbocycles. The normalized spacial score (nSPS) is 16.3. The fourth-order valence-corrected chi connectivity index (χ4v) is 2.98. The molecule has 0 radical (unpaired) electrons. The van der Waals surface area contributed by atoms with Crippen LogP contribution in [0, 0.1) is 5.82 Å². The third-order valence-electron chi connectivity index (χ3n) is 3.65. The summed E-state index contributed by atoms with van der Waals surface area (Å²) >= 11 is 2.83. The van der Waals surface area contributed by atoms with Crippen LogP contribution in [0.5, 0.6) is 11.5 Å². The second kappa shape index (κ2) is 6.11. The van der Waals surface area contributed by atoms with E-state index in [0.717, 1.165) is 0 Å². The van der Waals surface area contributed by atoms with Crippen molar-refractivity contribution in [2.75, 3.05) is 11.9 Å². The van der Waals surface area contributed by atoms with E-state index in [4.69, 9.17) is 0 Å². The summed E-state index contributed by atoms with van der Waals surface area (Å²) in [6.07, 6.45) is 1.53. The van der Waals surface area contributed by atoms with E-state index in [1.165, 1.54) is 53.4 Å². The molecule has 0 atom stereocenters. The van der Waals surface area contributed by atoms with Crippen LogP contribution in [0.2, 0.25) is 0 Å². The van der Waals surface area contributed by atoms with Crippen LogP contribution in [0.25, 0.3) is 6.08 Å². The molecule has 0 spiro atoms. The standard InChI is InChI=1S/C17H13FN2O3Se/c1-19-14(8-10-2-7-13(21)9-15(10)22)16(23)20(17(19)24)12-5-3-11(18)4-6-12/h2-9,21-22H,1H3/b14-8+. The van der Waals surface area contributed by atoms with E-state index in [2.05, 4.69) is 15.6 Å². The second-order valence-electron chi connectivity index (χ2n) is 5.23. The number of anilines is 1. The van der Waals surface area contributed by atoms with Crippen LogP contribution < -0.4 is 4.90 Å². The number of amides is 1. The van der Waals surface area contributed by atoms with E-state index < -0.39 is 0 Å². The molecule has 1 heterocycles. The fourth-order valence-electron chi connectivity index (χ4n) is 2.38. The summed E-state index contributed by atoms with van der Waals surface area (Å²) in [6, 6.07) is 9.72. The molecule has 1 amide bonds. The monoisotopic (exact) mass is 392 g/mol. The van der Waals surface area contributed by atoms with Crippen LogP contribution in [-0.4, -0.2) is 48.3 Å². The molecule has 1 saturated heterocycles. The number of phenolic OH excluding ortho intramolecular Hbond substituents is 2. The first-order chi connectivity index (χ1) is 11.4. The van der Waals surface area contributed by atoms with Crippen molar-refractivity contribution in [3.8, 4) is 11.5 Å². The van der Waals surface area contributed by atoms with E-state index in [0.29, 0.717) is 21.6 Å². The number of carbonyl (C=O) groups excluding carboxylic acids is 1. The van der Waals surface area contributed by atoms with Crippen LogP contribution in [-0.2, 0) is 4.79 Å². The Balaban J connectivity index is 2.01. The molecule has 0 aliphatic carbocycles. The van der Waals surface area contributed by atoms with Gasteiger partial charge in [0.2, 0.25) is 0 Å². The Labute approximate surface area is 145 Å². The van der Waals surface area contributed by atoms with Crippen molar-refractivity contribution in [3.63, 3.8) is 0 Å². The molecule has 1 fully saturated rings. The predicted octanol–water partition coefficient (Wildman–Crippen LogP) is 1.81. The summed E-state index contributed by atoms with van der Waals surface area (Å²) in [5.41, 5.74) is 1.26. The van der Waals surface area contributed by atoms with Gasteiger partial charge in [0.15, 0.2) is 0 Å². The van der Waals surface area contributed by atoms with Crippen LogP contribution >= 0.6 is 0 Å². The van der Waals surface area contributed by atoms with Gasteiger partial charge in [-0.2, -0.15) is 0 Å². The number of aromatic hydroxyl groups is 2. The zero-order valence-electron chi connectivity index (χ0n) is 12.6. The Morgan fingerprint density at radius 2 is 1.79 bits per heavy atom. The van der Waals surface area contributed by atoms with E-state index in [1.54, 1.807) is 11.9 Å². The molecule has 1 aliphatic rings. The van der Waals surface area contributed by atoms with Gasteiger partial charge in [0, 0.05) is 0 Å². The van der Waals surface area contributed by atoms with Crippen molar-refractivity contribution in [2.45, 2.75) is 0 Å². The summed E-state index contributed by atoms with van der Waals surface area (Å²) in [5.74, 6) is -0.897. The van der Waals surface area contributed by atoms with Gasteiger partial charge in [-0.25, -0.2) is 0 Å². The molecule has 0 aromatic heterocycles. The van der Waals surface area contributed by atoms with Crippen LogP contribution in [0.15, 0.2) is 48.2 Å². The van der Waals surface area contributed by atoms with Gasteiger partial charge >= 0.3 is 145 Å². The average molecular weight is 391 g/mol. The Kier molecular flexibility index (Phi) is 4.13. The zero-order chi connectivity index (χ0) is 17.4. The maximum absolute atomic E-state index is 13.1. The molecule has 2 N–H and O–H groups in total. The average Bonchev–Trinajstić information content (AvgIpc) is 2.74. The molecule has 1 aliphatic heterocycles. The Hall–Kier alpha value is -2.63. The van der Waals surface area contributed by atoms with E-state index >= 15 is 0 Å². The summed E-state index contributed by atoms with van der Waals surface area (Å²) in [4.78, 5) is 15.8. The van der Waals surface area contributed by atoms with Gasteiger partial charge in [0.1, 0.15) is 0 Å². The number of carbonyl (C=O) groups is 1. The van der Waals surface area contributed by atoms with Crippen molar-refractivity contribution in [1.29, 1.82) is 0 Å². The number of nitrogens with zero attached hydrogens (tertiary/aromatic N) is 2. The molecule has 0 unspecified atom stereocenters. The Morgan fingerprint density at radius 1 is 1.12 bits per heavy atom. The van der Waals surface area contributed by atoms with Crippen LogP contribution in [0.4, 0.5) is 10.1 Å². The quantitative estimate of drug-likeness (QED) is 0.606. The minimum absolute atomic E-state index is 0.0650. The third-order valence-corrected chi connectivity index (χ3v) is 4.61. The third kappa shape index (κ3) is 2.79. The summed E-state index contributed by atoms with van der Waals surface area (Å²) in [7, 11) is 1.70. The van der Waals surface area contributed by atoms with Crippen LogP contribution in [0.3, 0.4) is 0 Å². The van der Waals surface area contributed by atoms with Crippen molar-refractivity contribution >= 4 is 37.9 Å². The summed E-state index contributed by atoms with van der Waals surface area (Å²) < 4.78 is 13.6. The summed E-state index contributed by atoms with van der Waals surface area (Å²) in [6.45, 7) is 0. The SMILES string of the molecule is CN1C(=[Se])N(c2ccc(F)cc2)C(=O)/C1=C\c1ccc(O)cc1O. The molecule has 122 valence electrons. The number of benzene rings is 2. The van der Waals surface area contributed by atoms with Gasteiger partial charge in [-0.1, -0.05) is 0 Å².